The van der Waals surface area contributed by atoms with Crippen molar-refractivity contribution < 1.29 is 0 Å². The van der Waals surface area contributed by atoms with Crippen molar-refractivity contribution in [3.63, 3.8) is 0 Å². The molecule has 0 radical (unpaired) electrons. The summed E-state index contributed by atoms with van der Waals surface area (Å²) in [4.78, 5) is 2.65. The number of hydrogen-bond acceptors (Lipinski definition) is 2. The molecule has 0 aromatic rings. The average Bonchev–Trinajstić information content (AvgIpc) is 2.99. The van der Waals surface area contributed by atoms with Crippen LogP contribution in [0.3, 0.4) is 0 Å². The van der Waals surface area contributed by atoms with Crippen LogP contribution in [-0.4, -0.2) is 30.6 Å². The Bertz CT molecular complexity index is 153. The average molecular weight is 212 g/mol. The van der Waals surface area contributed by atoms with Gasteiger partial charge in [-0.1, -0.05) is 12.8 Å². The third-order valence-corrected chi connectivity index (χ3v) is 3.32. The molecule has 90 valence electrons. The summed E-state index contributed by atoms with van der Waals surface area (Å²) in [5.74, 6) is 1.02. The number of unbranched alkanes of at least 4 members (excludes halogenated alkanes) is 3. The molecule has 2 heteroatoms. The molecule has 1 rings (SSSR count). The summed E-state index contributed by atoms with van der Waals surface area (Å²) in [5, 5.41) is 0. The normalized spacial score (nSPS) is 16.6. The van der Waals surface area contributed by atoms with Crippen LogP contribution in [0, 0.1) is 5.92 Å². The van der Waals surface area contributed by atoms with E-state index in [9.17, 15) is 0 Å². The minimum absolute atomic E-state index is 0.722. The molecular formula is C13H28N2. The molecule has 1 aliphatic carbocycles. The van der Waals surface area contributed by atoms with E-state index >= 15 is 0 Å². The van der Waals surface area contributed by atoms with Crippen molar-refractivity contribution in [2.24, 2.45) is 11.7 Å². The first-order chi connectivity index (χ1) is 7.24. The third-order valence-electron chi connectivity index (χ3n) is 3.32. The van der Waals surface area contributed by atoms with E-state index in [2.05, 4.69) is 18.7 Å². The highest BCUT2D eigenvalue weighted by atomic mass is 15.1. The fourth-order valence-corrected chi connectivity index (χ4v) is 2.01. The predicted molar refractivity (Wildman–Crippen MR) is 67.0 cm³/mol. The van der Waals surface area contributed by atoms with Gasteiger partial charge in [-0.15, -0.1) is 0 Å². The van der Waals surface area contributed by atoms with Gasteiger partial charge in [0.2, 0.25) is 0 Å². The topological polar surface area (TPSA) is 29.3 Å². The van der Waals surface area contributed by atoms with Crippen molar-refractivity contribution in [3.05, 3.63) is 0 Å². The molecule has 1 saturated carbocycles. The van der Waals surface area contributed by atoms with Gasteiger partial charge in [0.05, 0.1) is 0 Å². The lowest BCUT2D eigenvalue weighted by atomic mass is 10.1. The lowest BCUT2D eigenvalue weighted by molar-refractivity contribution is 0.208. The Morgan fingerprint density at radius 3 is 2.33 bits per heavy atom. The Kier molecular flexibility index (Phi) is 6.26. The first-order valence-electron chi connectivity index (χ1n) is 6.68. The quantitative estimate of drug-likeness (QED) is 0.595. The molecule has 0 aromatic carbocycles. The summed E-state index contributed by atoms with van der Waals surface area (Å²) in [6, 6.07) is 0.722. The highest BCUT2D eigenvalue weighted by molar-refractivity contribution is 4.78. The Hall–Kier alpha value is -0.0800. The van der Waals surface area contributed by atoms with Crippen LogP contribution in [0.15, 0.2) is 0 Å². The van der Waals surface area contributed by atoms with Crippen molar-refractivity contribution in [1.82, 2.24) is 4.90 Å². The van der Waals surface area contributed by atoms with Crippen LogP contribution >= 0.6 is 0 Å². The lowest BCUT2D eigenvalue weighted by Crippen LogP contribution is -2.33. The second-order valence-corrected chi connectivity index (χ2v) is 5.23. The molecule has 0 unspecified atom stereocenters. The van der Waals surface area contributed by atoms with Crippen LogP contribution in [0.25, 0.3) is 0 Å². The molecule has 0 heterocycles. The van der Waals surface area contributed by atoms with E-state index < -0.39 is 0 Å². The van der Waals surface area contributed by atoms with E-state index in [1.165, 1.54) is 51.6 Å². The van der Waals surface area contributed by atoms with Gasteiger partial charge in [-0.05, 0) is 58.5 Å². The summed E-state index contributed by atoms with van der Waals surface area (Å²) in [7, 11) is 0. The largest absolute Gasteiger partial charge is 0.330 e. The molecule has 15 heavy (non-hydrogen) atoms. The van der Waals surface area contributed by atoms with E-state index in [1.807, 2.05) is 0 Å². The van der Waals surface area contributed by atoms with E-state index in [1.54, 1.807) is 0 Å². The maximum absolute atomic E-state index is 5.48. The van der Waals surface area contributed by atoms with Gasteiger partial charge in [-0.25, -0.2) is 0 Å². The van der Waals surface area contributed by atoms with Crippen LogP contribution in [0.5, 0.6) is 0 Å². The Morgan fingerprint density at radius 2 is 1.80 bits per heavy atom. The first-order valence-corrected chi connectivity index (χ1v) is 6.68. The van der Waals surface area contributed by atoms with Gasteiger partial charge in [-0.3, -0.25) is 0 Å². The fourth-order valence-electron chi connectivity index (χ4n) is 2.01. The molecule has 0 aliphatic heterocycles. The molecule has 2 nitrogen and oxygen atoms in total. The summed E-state index contributed by atoms with van der Waals surface area (Å²) in [6.45, 7) is 8.13. The molecule has 0 amide bonds. The molecular weight excluding hydrogens is 184 g/mol. The SMILES string of the molecule is CC(C)N(CCCCCCN)CC1CC1. The van der Waals surface area contributed by atoms with Gasteiger partial charge in [-0.2, -0.15) is 0 Å². The molecule has 0 atom stereocenters. The molecule has 0 bridgehead atoms. The molecule has 0 saturated heterocycles. The van der Waals surface area contributed by atoms with Gasteiger partial charge >= 0.3 is 0 Å². The van der Waals surface area contributed by atoms with Crippen molar-refractivity contribution >= 4 is 0 Å². The second-order valence-electron chi connectivity index (χ2n) is 5.23. The third kappa shape index (κ3) is 6.16. The van der Waals surface area contributed by atoms with Crippen molar-refractivity contribution in [3.8, 4) is 0 Å². The first kappa shape index (κ1) is 13.0. The van der Waals surface area contributed by atoms with E-state index in [0.29, 0.717) is 0 Å². The Labute approximate surface area is 95.2 Å². The van der Waals surface area contributed by atoms with Crippen molar-refractivity contribution in [2.75, 3.05) is 19.6 Å². The smallest absolute Gasteiger partial charge is 0.00387 e. The van der Waals surface area contributed by atoms with E-state index in [0.717, 1.165) is 18.5 Å². The van der Waals surface area contributed by atoms with Gasteiger partial charge in [0, 0.05) is 12.6 Å². The van der Waals surface area contributed by atoms with Gasteiger partial charge in [0.25, 0.3) is 0 Å². The van der Waals surface area contributed by atoms with Crippen LogP contribution in [0.4, 0.5) is 0 Å². The zero-order chi connectivity index (χ0) is 11.1. The lowest BCUT2D eigenvalue weighted by Gasteiger charge is -2.26. The highest BCUT2D eigenvalue weighted by Crippen LogP contribution is 2.30. The maximum atomic E-state index is 5.48. The Balaban J connectivity index is 2.02. The number of nitrogens with zero attached hydrogens (tertiary/aromatic N) is 1. The molecule has 1 aliphatic rings. The van der Waals surface area contributed by atoms with Crippen LogP contribution in [0.2, 0.25) is 0 Å². The summed E-state index contributed by atoms with van der Waals surface area (Å²) >= 11 is 0. The fraction of sp³-hybridized carbons (Fsp3) is 1.00. The van der Waals surface area contributed by atoms with Gasteiger partial charge in [0.15, 0.2) is 0 Å². The zero-order valence-corrected chi connectivity index (χ0v) is 10.5. The highest BCUT2D eigenvalue weighted by Gasteiger charge is 2.24. The summed E-state index contributed by atoms with van der Waals surface area (Å²) in [5.41, 5.74) is 5.48. The predicted octanol–water partition coefficient (Wildman–Crippen LogP) is 2.63. The molecule has 1 fully saturated rings. The van der Waals surface area contributed by atoms with Crippen LogP contribution in [0.1, 0.15) is 52.4 Å². The van der Waals surface area contributed by atoms with Gasteiger partial charge < -0.3 is 10.6 Å². The minimum Gasteiger partial charge on any atom is -0.330 e. The number of hydrogen-bond donors (Lipinski definition) is 1. The monoisotopic (exact) mass is 212 g/mol. The van der Waals surface area contributed by atoms with Crippen LogP contribution < -0.4 is 5.73 Å². The zero-order valence-electron chi connectivity index (χ0n) is 10.5. The maximum Gasteiger partial charge on any atom is 0.00387 e. The minimum atomic E-state index is 0.722. The number of nitrogens with two attached hydrogens (primary N) is 1. The second kappa shape index (κ2) is 7.24. The summed E-state index contributed by atoms with van der Waals surface area (Å²) < 4.78 is 0. The van der Waals surface area contributed by atoms with E-state index in [4.69, 9.17) is 5.73 Å². The standard InChI is InChI=1S/C13H28N2/c1-12(2)15(11-13-7-8-13)10-6-4-3-5-9-14/h12-13H,3-11,14H2,1-2H3. The van der Waals surface area contributed by atoms with Crippen molar-refractivity contribution in [1.29, 1.82) is 0 Å². The molecule has 0 spiro atoms. The van der Waals surface area contributed by atoms with Crippen LogP contribution in [-0.2, 0) is 0 Å². The van der Waals surface area contributed by atoms with E-state index in [-0.39, 0.29) is 0 Å². The van der Waals surface area contributed by atoms with Gasteiger partial charge in [0.1, 0.15) is 0 Å². The summed E-state index contributed by atoms with van der Waals surface area (Å²) in [6.07, 6.45) is 8.15. The number of rotatable bonds is 9. The molecule has 0 aromatic heterocycles. The Morgan fingerprint density at radius 1 is 1.13 bits per heavy atom. The molecule has 2 N–H and O–H groups in total. The van der Waals surface area contributed by atoms with Crippen molar-refractivity contribution in [2.45, 2.75) is 58.4 Å².